The van der Waals surface area contributed by atoms with Crippen LogP contribution in [-0.2, 0) is 0 Å². The first-order chi connectivity index (χ1) is 8.56. The molecule has 1 unspecified atom stereocenters. The highest BCUT2D eigenvalue weighted by atomic mass is 79.9. The molecule has 0 radical (unpaired) electrons. The molecular weight excluding hydrogens is 336 g/mol. The highest BCUT2D eigenvalue weighted by Gasteiger charge is 2.24. The number of nitrogens with two attached hydrogens (primary N) is 1. The van der Waals surface area contributed by atoms with E-state index in [2.05, 4.69) is 40.3 Å². The molecule has 0 aliphatic heterocycles. The van der Waals surface area contributed by atoms with Crippen molar-refractivity contribution in [3.63, 3.8) is 0 Å². The third-order valence-electron chi connectivity index (χ3n) is 2.62. The molecule has 7 heteroatoms. The highest BCUT2D eigenvalue weighted by Crippen LogP contribution is 2.36. The van der Waals surface area contributed by atoms with Gasteiger partial charge in [-0.05, 0) is 41.2 Å². The third-order valence-corrected chi connectivity index (χ3v) is 4.66. The molecule has 0 saturated heterocycles. The Hall–Kier alpha value is -0.400. The molecule has 1 atom stereocenters. The maximum Gasteiger partial charge on any atom is 0.0996 e. The Labute approximate surface area is 123 Å². The van der Waals surface area contributed by atoms with E-state index in [1.807, 2.05) is 16.1 Å². The smallest absolute Gasteiger partial charge is 0.0996 e. The van der Waals surface area contributed by atoms with Crippen LogP contribution in [0.25, 0.3) is 0 Å². The Morgan fingerprint density at radius 1 is 1.56 bits per heavy atom. The number of hydrogen-bond acceptors (Lipinski definition) is 4. The topological polar surface area (TPSA) is 55.9 Å². The highest BCUT2D eigenvalue weighted by molar-refractivity contribution is 9.10. The van der Waals surface area contributed by atoms with Gasteiger partial charge in [-0.25, -0.2) is 5.43 Å². The third kappa shape index (κ3) is 2.48. The number of rotatable bonds is 4. The van der Waals surface area contributed by atoms with E-state index >= 15 is 0 Å². The summed E-state index contributed by atoms with van der Waals surface area (Å²) in [6.07, 6.45) is 1.78. The fourth-order valence-corrected chi connectivity index (χ4v) is 3.55. The number of aromatic nitrogens is 2. The first kappa shape index (κ1) is 14.0. The van der Waals surface area contributed by atoms with Crippen molar-refractivity contribution in [1.29, 1.82) is 0 Å². The fraction of sp³-hybridized carbons (Fsp3) is 0.364. The van der Waals surface area contributed by atoms with Gasteiger partial charge in [0.2, 0.25) is 0 Å². The summed E-state index contributed by atoms with van der Waals surface area (Å²) >= 11 is 11.3. The maximum absolute atomic E-state index is 6.18. The predicted octanol–water partition coefficient (Wildman–Crippen LogP) is 3.49. The van der Waals surface area contributed by atoms with Crippen LogP contribution in [0.5, 0.6) is 0 Å². The molecule has 2 heterocycles. The molecule has 2 aromatic heterocycles. The summed E-state index contributed by atoms with van der Waals surface area (Å²) in [5.74, 6) is 5.70. The van der Waals surface area contributed by atoms with E-state index in [9.17, 15) is 0 Å². The Balaban J connectivity index is 2.52. The molecule has 0 aliphatic carbocycles. The lowest BCUT2D eigenvalue weighted by atomic mass is 10.1. The predicted molar refractivity (Wildman–Crippen MR) is 78.8 cm³/mol. The van der Waals surface area contributed by atoms with E-state index in [0.717, 1.165) is 15.0 Å². The lowest BCUT2D eigenvalue weighted by Gasteiger charge is -2.19. The van der Waals surface area contributed by atoms with Crippen molar-refractivity contribution in [3.8, 4) is 0 Å². The quantitative estimate of drug-likeness (QED) is 0.656. The summed E-state index contributed by atoms with van der Waals surface area (Å²) in [5.41, 5.74) is 3.80. The second kappa shape index (κ2) is 5.71. The largest absolute Gasteiger partial charge is 0.270 e. The van der Waals surface area contributed by atoms with Gasteiger partial charge in [0.1, 0.15) is 0 Å². The van der Waals surface area contributed by atoms with E-state index in [0.29, 0.717) is 5.02 Å². The van der Waals surface area contributed by atoms with Crippen LogP contribution in [0, 0.1) is 0 Å². The number of nitrogens with zero attached hydrogens (tertiary/aromatic N) is 2. The molecule has 0 aromatic carbocycles. The van der Waals surface area contributed by atoms with E-state index in [-0.39, 0.29) is 12.1 Å². The molecule has 3 N–H and O–H groups in total. The number of halogens is 2. The van der Waals surface area contributed by atoms with Crippen LogP contribution >= 0.6 is 38.9 Å². The minimum atomic E-state index is -0.170. The van der Waals surface area contributed by atoms with Crippen molar-refractivity contribution >= 4 is 38.9 Å². The molecule has 18 heavy (non-hydrogen) atoms. The van der Waals surface area contributed by atoms with Crippen molar-refractivity contribution in [2.24, 2.45) is 5.84 Å². The molecule has 0 amide bonds. The van der Waals surface area contributed by atoms with Gasteiger partial charge in [0.05, 0.1) is 27.4 Å². The van der Waals surface area contributed by atoms with Gasteiger partial charge in [0.15, 0.2) is 0 Å². The summed E-state index contributed by atoms with van der Waals surface area (Å²) < 4.78 is 2.86. The average Bonchev–Trinajstić information content (AvgIpc) is 2.89. The van der Waals surface area contributed by atoms with Gasteiger partial charge in [0.25, 0.3) is 0 Å². The van der Waals surface area contributed by atoms with Crippen LogP contribution in [0.1, 0.15) is 36.5 Å². The summed E-state index contributed by atoms with van der Waals surface area (Å²) in [6, 6.07) is 1.95. The van der Waals surface area contributed by atoms with Crippen molar-refractivity contribution < 1.29 is 0 Å². The van der Waals surface area contributed by atoms with Gasteiger partial charge < -0.3 is 0 Å². The Morgan fingerprint density at radius 3 is 2.78 bits per heavy atom. The van der Waals surface area contributed by atoms with E-state index < -0.39 is 0 Å². The zero-order chi connectivity index (χ0) is 13.3. The number of nitrogens with one attached hydrogen (secondary N) is 1. The van der Waals surface area contributed by atoms with Crippen LogP contribution in [0.4, 0.5) is 0 Å². The van der Waals surface area contributed by atoms with Gasteiger partial charge in [-0.3, -0.25) is 10.5 Å². The molecule has 0 saturated carbocycles. The number of thiophene rings is 1. The van der Waals surface area contributed by atoms with E-state index in [1.54, 1.807) is 17.5 Å². The minimum Gasteiger partial charge on any atom is -0.270 e. The molecule has 98 valence electrons. The summed E-state index contributed by atoms with van der Waals surface area (Å²) in [4.78, 5) is 0.988. The SMILES string of the molecule is CC(C)n1ncc(Br)c1C(NN)c1sccc1Cl. The molecule has 0 aliphatic rings. The lowest BCUT2D eigenvalue weighted by molar-refractivity contribution is 0.477. The Bertz CT molecular complexity index is 537. The van der Waals surface area contributed by atoms with Crippen molar-refractivity contribution in [2.75, 3.05) is 0 Å². The van der Waals surface area contributed by atoms with Crippen LogP contribution in [-0.4, -0.2) is 9.78 Å². The summed E-state index contributed by atoms with van der Waals surface area (Å²) in [5, 5.41) is 7.02. The van der Waals surface area contributed by atoms with Crippen molar-refractivity contribution in [1.82, 2.24) is 15.2 Å². The fourth-order valence-electron chi connectivity index (χ4n) is 1.82. The minimum absolute atomic E-state index is 0.170. The van der Waals surface area contributed by atoms with Crippen molar-refractivity contribution in [3.05, 3.63) is 37.7 Å². The van der Waals surface area contributed by atoms with Gasteiger partial charge in [-0.15, -0.1) is 11.3 Å². The van der Waals surface area contributed by atoms with Gasteiger partial charge in [-0.1, -0.05) is 11.6 Å². The standard InChI is InChI=1S/C11H14BrClN4S/c1-6(2)17-10(7(12)5-15-17)9(16-14)11-8(13)3-4-18-11/h3-6,9,16H,14H2,1-2H3. The second-order valence-corrected chi connectivity index (χ2v) is 6.36. The van der Waals surface area contributed by atoms with Crippen LogP contribution in [0.15, 0.2) is 22.1 Å². The van der Waals surface area contributed by atoms with Gasteiger partial charge in [0, 0.05) is 10.9 Å². The number of hydrazine groups is 1. The summed E-state index contributed by atoms with van der Waals surface area (Å²) in [7, 11) is 0. The summed E-state index contributed by atoms with van der Waals surface area (Å²) in [6.45, 7) is 4.15. The van der Waals surface area contributed by atoms with Gasteiger partial charge >= 0.3 is 0 Å². The van der Waals surface area contributed by atoms with E-state index in [4.69, 9.17) is 17.4 Å². The zero-order valence-corrected chi connectivity index (χ0v) is 13.2. The van der Waals surface area contributed by atoms with Crippen LogP contribution in [0.2, 0.25) is 5.02 Å². The monoisotopic (exact) mass is 348 g/mol. The maximum atomic E-state index is 6.18. The Kier molecular flexibility index (Phi) is 4.45. The average molecular weight is 350 g/mol. The Morgan fingerprint density at radius 2 is 2.28 bits per heavy atom. The number of hydrogen-bond donors (Lipinski definition) is 2. The molecule has 2 aromatic rings. The lowest BCUT2D eigenvalue weighted by Crippen LogP contribution is -2.31. The molecule has 0 bridgehead atoms. The zero-order valence-electron chi connectivity index (χ0n) is 10.0. The van der Waals surface area contributed by atoms with Gasteiger partial charge in [-0.2, -0.15) is 5.10 Å². The van der Waals surface area contributed by atoms with Crippen molar-refractivity contribution in [2.45, 2.75) is 25.9 Å². The first-order valence-corrected chi connectivity index (χ1v) is 7.53. The molecule has 4 nitrogen and oxygen atoms in total. The molecule has 2 rings (SSSR count). The molecule has 0 fully saturated rings. The first-order valence-electron chi connectivity index (χ1n) is 5.48. The normalized spacial score (nSPS) is 13.2. The van der Waals surface area contributed by atoms with Crippen LogP contribution < -0.4 is 11.3 Å². The molecule has 0 spiro atoms. The van der Waals surface area contributed by atoms with E-state index in [1.165, 1.54) is 0 Å². The molecular formula is C11H14BrClN4S. The van der Waals surface area contributed by atoms with Crippen LogP contribution in [0.3, 0.4) is 0 Å². The second-order valence-electron chi connectivity index (χ2n) is 4.15.